The van der Waals surface area contributed by atoms with Gasteiger partial charge in [-0.1, -0.05) is 15.9 Å². The summed E-state index contributed by atoms with van der Waals surface area (Å²) in [7, 11) is 1.82. The first-order valence-electron chi connectivity index (χ1n) is 4.89. The number of hydrogen-bond acceptors (Lipinski definition) is 2. The summed E-state index contributed by atoms with van der Waals surface area (Å²) >= 11 is 3.27. The molecule has 1 aromatic heterocycles. The predicted octanol–water partition coefficient (Wildman–Crippen LogP) is 1.87. The van der Waals surface area contributed by atoms with Crippen LogP contribution in [0.15, 0.2) is 24.5 Å². The van der Waals surface area contributed by atoms with Crippen LogP contribution in [0.5, 0.6) is 0 Å². The van der Waals surface area contributed by atoms with Gasteiger partial charge in [0.1, 0.15) is 0 Å². The molecule has 0 aliphatic heterocycles. The van der Waals surface area contributed by atoms with Gasteiger partial charge < -0.3 is 4.90 Å². The minimum Gasteiger partial charge on any atom is -0.344 e. The van der Waals surface area contributed by atoms with E-state index in [0.29, 0.717) is 0 Å². The van der Waals surface area contributed by atoms with Crippen molar-refractivity contribution in [3.63, 3.8) is 0 Å². The fraction of sp³-hybridized carbons (Fsp3) is 0.455. The lowest BCUT2D eigenvalue weighted by Crippen LogP contribution is -2.33. The van der Waals surface area contributed by atoms with Gasteiger partial charge in [0, 0.05) is 26.0 Å². The molecule has 0 saturated carbocycles. The molecule has 0 aromatic carbocycles. The van der Waals surface area contributed by atoms with E-state index in [1.54, 1.807) is 17.3 Å². The lowest BCUT2D eigenvalue weighted by molar-refractivity contribution is -0.128. The van der Waals surface area contributed by atoms with Crippen LogP contribution in [0.4, 0.5) is 0 Å². The number of rotatable bonds is 4. The number of nitrogens with zero attached hydrogens (tertiary/aromatic N) is 2. The molecule has 1 aromatic rings. The van der Waals surface area contributed by atoms with Crippen molar-refractivity contribution in [2.24, 2.45) is 0 Å². The molecule has 0 radical (unpaired) electrons. The monoisotopic (exact) mass is 270 g/mol. The predicted molar refractivity (Wildman–Crippen MR) is 64.0 cm³/mol. The van der Waals surface area contributed by atoms with Crippen LogP contribution in [0.2, 0.25) is 0 Å². The van der Waals surface area contributed by atoms with E-state index in [9.17, 15) is 4.79 Å². The molecule has 3 nitrogen and oxygen atoms in total. The maximum Gasteiger partial charge on any atom is 0.235 e. The second-order valence-electron chi connectivity index (χ2n) is 3.48. The van der Waals surface area contributed by atoms with Gasteiger partial charge in [0.2, 0.25) is 5.91 Å². The highest BCUT2D eigenvalue weighted by Crippen LogP contribution is 2.04. The van der Waals surface area contributed by atoms with E-state index in [-0.39, 0.29) is 10.7 Å². The third-order valence-corrected chi connectivity index (χ3v) is 2.59. The number of pyridine rings is 1. The summed E-state index contributed by atoms with van der Waals surface area (Å²) in [6, 6.07) is 3.94. The zero-order chi connectivity index (χ0) is 11.3. The first kappa shape index (κ1) is 12.2. The first-order valence-corrected chi connectivity index (χ1v) is 5.81. The van der Waals surface area contributed by atoms with Gasteiger partial charge in [-0.25, -0.2) is 0 Å². The van der Waals surface area contributed by atoms with Gasteiger partial charge in [-0.15, -0.1) is 0 Å². The minimum absolute atomic E-state index is 0.111. The van der Waals surface area contributed by atoms with Gasteiger partial charge in [-0.05, 0) is 31.0 Å². The van der Waals surface area contributed by atoms with Crippen molar-refractivity contribution in [2.75, 3.05) is 13.6 Å². The zero-order valence-electron chi connectivity index (χ0n) is 8.98. The largest absolute Gasteiger partial charge is 0.344 e. The molecule has 0 saturated heterocycles. The molecule has 1 atom stereocenters. The van der Waals surface area contributed by atoms with Gasteiger partial charge in [-0.2, -0.15) is 0 Å². The quantitative estimate of drug-likeness (QED) is 0.783. The number of carbonyl (C=O) groups is 1. The Morgan fingerprint density at radius 3 is 2.67 bits per heavy atom. The molecular formula is C11H15BrN2O. The molecule has 0 aliphatic rings. The topological polar surface area (TPSA) is 33.2 Å². The average molecular weight is 271 g/mol. The van der Waals surface area contributed by atoms with E-state index < -0.39 is 0 Å². The lowest BCUT2D eigenvalue weighted by Gasteiger charge is -2.18. The molecule has 0 spiro atoms. The summed E-state index contributed by atoms with van der Waals surface area (Å²) in [5, 5.41) is 0. The Hall–Kier alpha value is -0.900. The molecule has 0 N–H and O–H groups in total. The number of amides is 1. The second-order valence-corrected chi connectivity index (χ2v) is 4.85. The van der Waals surface area contributed by atoms with Crippen molar-refractivity contribution in [3.05, 3.63) is 30.1 Å². The molecular weight excluding hydrogens is 256 g/mol. The molecule has 1 heterocycles. The Balaban J connectivity index is 2.41. The Labute approximate surface area is 98.6 Å². The van der Waals surface area contributed by atoms with Crippen molar-refractivity contribution >= 4 is 21.8 Å². The van der Waals surface area contributed by atoms with Gasteiger partial charge >= 0.3 is 0 Å². The van der Waals surface area contributed by atoms with Crippen LogP contribution in [0.25, 0.3) is 0 Å². The molecule has 0 bridgehead atoms. The van der Waals surface area contributed by atoms with E-state index in [0.717, 1.165) is 13.0 Å². The highest BCUT2D eigenvalue weighted by Gasteiger charge is 2.13. The summed E-state index contributed by atoms with van der Waals surface area (Å²) in [6.07, 6.45) is 4.40. The minimum atomic E-state index is -0.111. The van der Waals surface area contributed by atoms with Crippen molar-refractivity contribution in [1.82, 2.24) is 9.88 Å². The summed E-state index contributed by atoms with van der Waals surface area (Å²) in [5.74, 6) is 0.115. The lowest BCUT2D eigenvalue weighted by atomic mass is 10.2. The third kappa shape index (κ3) is 4.00. The Kier molecular flexibility index (Phi) is 4.75. The molecule has 4 heteroatoms. The summed E-state index contributed by atoms with van der Waals surface area (Å²) in [4.78, 5) is 17.1. The number of aromatic nitrogens is 1. The van der Waals surface area contributed by atoms with Gasteiger partial charge in [-0.3, -0.25) is 9.78 Å². The van der Waals surface area contributed by atoms with Crippen LogP contribution in [-0.4, -0.2) is 34.2 Å². The van der Waals surface area contributed by atoms with Crippen molar-refractivity contribution in [1.29, 1.82) is 0 Å². The Morgan fingerprint density at radius 1 is 1.53 bits per heavy atom. The second kappa shape index (κ2) is 5.85. The average Bonchev–Trinajstić information content (AvgIpc) is 2.26. The highest BCUT2D eigenvalue weighted by atomic mass is 79.9. The zero-order valence-corrected chi connectivity index (χ0v) is 10.6. The fourth-order valence-corrected chi connectivity index (χ4v) is 1.61. The van der Waals surface area contributed by atoms with Crippen LogP contribution >= 0.6 is 15.9 Å². The normalized spacial score (nSPS) is 12.2. The van der Waals surface area contributed by atoms with Crippen molar-refractivity contribution in [3.8, 4) is 0 Å². The Morgan fingerprint density at radius 2 is 2.13 bits per heavy atom. The fourth-order valence-electron chi connectivity index (χ4n) is 1.26. The molecule has 0 aliphatic carbocycles. The molecule has 82 valence electrons. The van der Waals surface area contributed by atoms with Crippen LogP contribution in [0.3, 0.4) is 0 Å². The number of alkyl halides is 1. The molecule has 1 rings (SSSR count). The number of carbonyl (C=O) groups excluding carboxylic acids is 1. The molecule has 1 unspecified atom stereocenters. The summed E-state index contributed by atoms with van der Waals surface area (Å²) in [5.41, 5.74) is 1.20. The molecule has 1 amide bonds. The van der Waals surface area contributed by atoms with Crippen LogP contribution in [0.1, 0.15) is 12.5 Å². The smallest absolute Gasteiger partial charge is 0.235 e. The standard InChI is InChI=1S/C11H15BrN2O/c1-9(12)11(15)14(2)8-5-10-3-6-13-7-4-10/h3-4,6-7,9H,5,8H2,1-2H3. The molecule has 0 fully saturated rings. The first-order chi connectivity index (χ1) is 7.11. The van der Waals surface area contributed by atoms with Gasteiger partial charge in [0.15, 0.2) is 0 Å². The van der Waals surface area contributed by atoms with E-state index >= 15 is 0 Å². The van der Waals surface area contributed by atoms with Crippen molar-refractivity contribution < 1.29 is 4.79 Å². The maximum atomic E-state index is 11.5. The number of halogens is 1. The Bertz CT molecular complexity index is 314. The van der Waals surface area contributed by atoms with Crippen LogP contribution in [0, 0.1) is 0 Å². The number of likely N-dealkylation sites (N-methyl/N-ethyl adjacent to an activating group) is 1. The van der Waals surface area contributed by atoms with Gasteiger partial charge in [0.25, 0.3) is 0 Å². The maximum absolute atomic E-state index is 11.5. The third-order valence-electron chi connectivity index (χ3n) is 2.20. The van der Waals surface area contributed by atoms with Crippen LogP contribution in [-0.2, 0) is 11.2 Å². The highest BCUT2D eigenvalue weighted by molar-refractivity contribution is 9.10. The summed E-state index contributed by atoms with van der Waals surface area (Å²) in [6.45, 7) is 2.57. The van der Waals surface area contributed by atoms with E-state index in [2.05, 4.69) is 20.9 Å². The van der Waals surface area contributed by atoms with Crippen LogP contribution < -0.4 is 0 Å². The molecule has 15 heavy (non-hydrogen) atoms. The van der Waals surface area contributed by atoms with Gasteiger partial charge in [0.05, 0.1) is 4.83 Å². The van der Waals surface area contributed by atoms with E-state index in [4.69, 9.17) is 0 Å². The summed E-state index contributed by atoms with van der Waals surface area (Å²) < 4.78 is 0. The van der Waals surface area contributed by atoms with Crippen molar-refractivity contribution in [2.45, 2.75) is 18.2 Å². The SMILES string of the molecule is CC(Br)C(=O)N(C)CCc1ccncc1. The van der Waals surface area contributed by atoms with E-state index in [1.807, 2.05) is 26.1 Å². The number of hydrogen-bond donors (Lipinski definition) is 0. The van der Waals surface area contributed by atoms with E-state index in [1.165, 1.54) is 5.56 Å².